The molecule has 1 aliphatic heterocycles. The van der Waals surface area contributed by atoms with Crippen LogP contribution in [0, 0.1) is 0 Å². The summed E-state index contributed by atoms with van der Waals surface area (Å²) >= 11 is 3.43. The summed E-state index contributed by atoms with van der Waals surface area (Å²) in [4.78, 5) is 11.2. The first kappa shape index (κ1) is 18.1. The third-order valence-electron chi connectivity index (χ3n) is 4.76. The van der Waals surface area contributed by atoms with Crippen LogP contribution in [0.4, 0.5) is 0 Å². The molecule has 27 heavy (non-hydrogen) atoms. The molecule has 0 aliphatic carbocycles. The Labute approximate surface area is 166 Å². The van der Waals surface area contributed by atoms with Gasteiger partial charge in [0.25, 0.3) is 0 Å². The molecular weight excluding hydrogens is 408 g/mol. The van der Waals surface area contributed by atoms with E-state index in [-0.39, 0.29) is 0 Å². The number of aromatic nitrogens is 3. The Bertz CT molecular complexity index is 846. The second-order valence-corrected chi connectivity index (χ2v) is 7.51. The number of likely N-dealkylation sites (tertiary alicyclic amines) is 1. The lowest BCUT2D eigenvalue weighted by Gasteiger charge is -2.30. The molecule has 0 N–H and O–H groups in total. The van der Waals surface area contributed by atoms with E-state index in [1.54, 1.807) is 6.20 Å². The predicted molar refractivity (Wildman–Crippen MR) is 106 cm³/mol. The minimum absolute atomic E-state index is 0.318. The molecule has 0 spiro atoms. The Balaban J connectivity index is 1.24. The van der Waals surface area contributed by atoms with E-state index in [1.165, 1.54) is 0 Å². The lowest BCUT2D eigenvalue weighted by atomic mass is 9.97. The summed E-state index contributed by atoms with van der Waals surface area (Å²) < 4.78 is 12.4. The summed E-state index contributed by atoms with van der Waals surface area (Å²) in [6, 6.07) is 13.6. The van der Waals surface area contributed by atoms with Crippen LogP contribution in [-0.2, 0) is 0 Å². The lowest BCUT2D eigenvalue weighted by molar-refractivity contribution is 0.163. The van der Waals surface area contributed by atoms with Crippen LogP contribution in [-0.4, -0.2) is 46.3 Å². The first-order chi connectivity index (χ1) is 13.3. The highest BCUT2D eigenvalue weighted by Gasteiger charge is 2.25. The molecule has 1 fully saturated rings. The molecule has 140 valence electrons. The standard InChI is InChI=1S/C20H21BrN4O2/c21-16-4-6-17(7-5-16)26-14-13-25-11-8-15(9-12-25)20-23-19(24-27-20)18-3-1-2-10-22-18/h1-7,10,15H,8-9,11-14H2. The summed E-state index contributed by atoms with van der Waals surface area (Å²) in [7, 11) is 0. The zero-order valence-corrected chi connectivity index (χ0v) is 16.5. The number of ether oxygens (including phenoxy) is 1. The van der Waals surface area contributed by atoms with Crippen molar-refractivity contribution in [1.29, 1.82) is 0 Å². The van der Waals surface area contributed by atoms with Gasteiger partial charge in [-0.2, -0.15) is 4.98 Å². The van der Waals surface area contributed by atoms with Crippen LogP contribution in [0.25, 0.3) is 11.5 Å². The summed E-state index contributed by atoms with van der Waals surface area (Å²) in [5.74, 6) is 2.51. The Kier molecular flexibility index (Phi) is 5.79. The predicted octanol–water partition coefficient (Wildman–Crippen LogP) is 4.15. The van der Waals surface area contributed by atoms with Gasteiger partial charge in [-0.05, 0) is 62.3 Å². The molecule has 2 aromatic heterocycles. The number of halogens is 1. The molecule has 7 heteroatoms. The minimum Gasteiger partial charge on any atom is -0.492 e. The van der Waals surface area contributed by atoms with Crippen LogP contribution in [0.2, 0.25) is 0 Å². The molecule has 0 bridgehead atoms. The topological polar surface area (TPSA) is 64.3 Å². The molecule has 1 aliphatic rings. The molecule has 4 rings (SSSR count). The van der Waals surface area contributed by atoms with Crippen molar-refractivity contribution in [3.8, 4) is 17.3 Å². The number of rotatable bonds is 6. The second kappa shape index (κ2) is 8.63. The van der Waals surface area contributed by atoms with E-state index in [1.807, 2.05) is 42.5 Å². The van der Waals surface area contributed by atoms with E-state index in [9.17, 15) is 0 Å². The highest BCUT2D eigenvalue weighted by molar-refractivity contribution is 9.10. The van der Waals surface area contributed by atoms with Gasteiger partial charge in [0.2, 0.25) is 11.7 Å². The van der Waals surface area contributed by atoms with Crippen molar-refractivity contribution in [3.05, 3.63) is 59.0 Å². The van der Waals surface area contributed by atoms with Crippen LogP contribution in [0.15, 0.2) is 57.7 Å². The second-order valence-electron chi connectivity index (χ2n) is 6.59. The van der Waals surface area contributed by atoms with Gasteiger partial charge < -0.3 is 9.26 Å². The minimum atomic E-state index is 0.318. The third-order valence-corrected chi connectivity index (χ3v) is 5.29. The van der Waals surface area contributed by atoms with Gasteiger partial charge in [-0.3, -0.25) is 9.88 Å². The quantitative estimate of drug-likeness (QED) is 0.587. The number of hydrogen-bond donors (Lipinski definition) is 0. The molecule has 0 saturated carbocycles. The Morgan fingerprint density at radius 3 is 2.67 bits per heavy atom. The van der Waals surface area contributed by atoms with Gasteiger partial charge in [0.05, 0.1) is 0 Å². The summed E-state index contributed by atoms with van der Waals surface area (Å²) in [6.45, 7) is 3.63. The fourth-order valence-corrected chi connectivity index (χ4v) is 3.49. The fraction of sp³-hybridized carbons (Fsp3) is 0.350. The van der Waals surface area contributed by atoms with Crippen LogP contribution in [0.1, 0.15) is 24.7 Å². The van der Waals surface area contributed by atoms with Gasteiger partial charge in [0.15, 0.2) is 0 Å². The third kappa shape index (κ3) is 4.73. The fourth-order valence-electron chi connectivity index (χ4n) is 3.23. The van der Waals surface area contributed by atoms with Gasteiger partial charge in [-0.1, -0.05) is 27.2 Å². The molecule has 3 aromatic rings. The zero-order chi connectivity index (χ0) is 18.5. The maximum Gasteiger partial charge on any atom is 0.230 e. The highest BCUT2D eigenvalue weighted by Crippen LogP contribution is 2.28. The van der Waals surface area contributed by atoms with Crippen molar-refractivity contribution in [2.24, 2.45) is 0 Å². The van der Waals surface area contributed by atoms with Crippen molar-refractivity contribution in [1.82, 2.24) is 20.0 Å². The molecule has 0 amide bonds. The molecular formula is C20H21BrN4O2. The van der Waals surface area contributed by atoms with Crippen LogP contribution >= 0.6 is 15.9 Å². The SMILES string of the molecule is Brc1ccc(OCCN2CCC(c3nc(-c4ccccn4)no3)CC2)cc1. The molecule has 6 nitrogen and oxygen atoms in total. The first-order valence-electron chi connectivity index (χ1n) is 9.14. The lowest BCUT2D eigenvalue weighted by Crippen LogP contribution is -2.35. The van der Waals surface area contributed by atoms with Gasteiger partial charge in [0, 0.05) is 23.1 Å². The largest absolute Gasteiger partial charge is 0.492 e. The summed E-state index contributed by atoms with van der Waals surface area (Å²) in [6.07, 6.45) is 3.77. The molecule has 3 heterocycles. The Morgan fingerprint density at radius 2 is 1.93 bits per heavy atom. The van der Waals surface area contributed by atoms with Gasteiger partial charge >= 0.3 is 0 Å². The van der Waals surface area contributed by atoms with E-state index < -0.39 is 0 Å². The maximum atomic E-state index is 5.82. The van der Waals surface area contributed by atoms with Crippen molar-refractivity contribution in [3.63, 3.8) is 0 Å². The average molecular weight is 429 g/mol. The van der Waals surface area contributed by atoms with E-state index in [0.717, 1.165) is 54.3 Å². The van der Waals surface area contributed by atoms with Crippen molar-refractivity contribution < 1.29 is 9.26 Å². The zero-order valence-electron chi connectivity index (χ0n) is 14.9. The van der Waals surface area contributed by atoms with Crippen molar-refractivity contribution in [2.75, 3.05) is 26.2 Å². The molecule has 0 atom stereocenters. The molecule has 1 saturated heterocycles. The van der Waals surface area contributed by atoms with E-state index in [2.05, 4.69) is 36.0 Å². The average Bonchev–Trinajstić information content (AvgIpc) is 3.21. The number of piperidine rings is 1. The van der Waals surface area contributed by atoms with E-state index >= 15 is 0 Å². The molecule has 0 unspecified atom stereocenters. The van der Waals surface area contributed by atoms with Crippen LogP contribution in [0.5, 0.6) is 5.75 Å². The maximum absolute atomic E-state index is 5.82. The van der Waals surface area contributed by atoms with Gasteiger partial charge in [-0.15, -0.1) is 0 Å². The number of pyridine rings is 1. The molecule has 0 radical (unpaired) electrons. The van der Waals surface area contributed by atoms with E-state index in [0.29, 0.717) is 18.3 Å². The van der Waals surface area contributed by atoms with Crippen molar-refractivity contribution in [2.45, 2.75) is 18.8 Å². The van der Waals surface area contributed by atoms with Crippen LogP contribution < -0.4 is 4.74 Å². The van der Waals surface area contributed by atoms with Crippen LogP contribution in [0.3, 0.4) is 0 Å². The monoisotopic (exact) mass is 428 g/mol. The Morgan fingerprint density at radius 1 is 1.11 bits per heavy atom. The summed E-state index contributed by atoms with van der Waals surface area (Å²) in [5, 5.41) is 4.08. The van der Waals surface area contributed by atoms with Crippen molar-refractivity contribution >= 4 is 15.9 Å². The van der Waals surface area contributed by atoms with Gasteiger partial charge in [-0.25, -0.2) is 0 Å². The highest BCUT2D eigenvalue weighted by atomic mass is 79.9. The Hall–Kier alpha value is -2.25. The number of benzene rings is 1. The number of hydrogen-bond acceptors (Lipinski definition) is 6. The summed E-state index contributed by atoms with van der Waals surface area (Å²) in [5.41, 5.74) is 0.745. The number of nitrogens with zero attached hydrogens (tertiary/aromatic N) is 4. The first-order valence-corrected chi connectivity index (χ1v) is 9.93. The van der Waals surface area contributed by atoms with E-state index in [4.69, 9.17) is 9.26 Å². The van der Waals surface area contributed by atoms with Gasteiger partial charge in [0.1, 0.15) is 18.1 Å². The smallest absolute Gasteiger partial charge is 0.230 e. The molecule has 1 aromatic carbocycles. The normalized spacial score (nSPS) is 15.7.